The summed E-state index contributed by atoms with van der Waals surface area (Å²) in [4.78, 5) is 29.9. The molecule has 0 bridgehead atoms. The molecule has 0 atom stereocenters. The molecule has 6 heteroatoms. The number of amides is 1. The highest BCUT2D eigenvalue weighted by atomic mass is 16.4. The van der Waals surface area contributed by atoms with Crippen molar-refractivity contribution >= 4 is 22.9 Å². The molecule has 1 N–H and O–H groups in total. The van der Waals surface area contributed by atoms with Crippen LogP contribution in [0.4, 0.5) is 0 Å². The minimum Gasteiger partial charge on any atom is -0.480 e. The molecule has 0 saturated heterocycles. The van der Waals surface area contributed by atoms with E-state index in [1.807, 2.05) is 41.8 Å². The van der Waals surface area contributed by atoms with E-state index >= 15 is 0 Å². The number of benzene rings is 2. The van der Waals surface area contributed by atoms with E-state index in [0.717, 1.165) is 22.2 Å². The molecule has 0 saturated carbocycles. The van der Waals surface area contributed by atoms with Gasteiger partial charge >= 0.3 is 5.97 Å². The largest absolute Gasteiger partial charge is 0.480 e. The highest BCUT2D eigenvalue weighted by Gasteiger charge is 2.20. The molecule has 3 rings (SSSR count). The van der Waals surface area contributed by atoms with Gasteiger partial charge in [0.15, 0.2) is 0 Å². The molecule has 0 aliphatic rings. The summed E-state index contributed by atoms with van der Waals surface area (Å²) in [6.45, 7) is 6.00. The predicted molar refractivity (Wildman–Crippen MR) is 104 cm³/mol. The van der Waals surface area contributed by atoms with E-state index in [4.69, 9.17) is 0 Å². The Morgan fingerprint density at radius 2 is 1.85 bits per heavy atom. The zero-order valence-corrected chi connectivity index (χ0v) is 15.7. The SMILES string of the molecule is Cc1ccc(CN(CC(=O)O)C(=O)c2ccc3c(c2)ncn3C(C)C)cc1. The van der Waals surface area contributed by atoms with Crippen LogP contribution in [0.3, 0.4) is 0 Å². The molecule has 0 radical (unpaired) electrons. The molecule has 0 unspecified atom stereocenters. The van der Waals surface area contributed by atoms with Crippen molar-refractivity contribution in [2.75, 3.05) is 6.54 Å². The predicted octanol–water partition coefficient (Wildman–Crippen LogP) is 3.65. The van der Waals surface area contributed by atoms with Crippen molar-refractivity contribution in [1.29, 1.82) is 0 Å². The Morgan fingerprint density at radius 1 is 1.15 bits per heavy atom. The van der Waals surface area contributed by atoms with Crippen molar-refractivity contribution < 1.29 is 14.7 Å². The van der Waals surface area contributed by atoms with Crippen molar-refractivity contribution in [3.63, 3.8) is 0 Å². The maximum Gasteiger partial charge on any atom is 0.323 e. The summed E-state index contributed by atoms with van der Waals surface area (Å²) in [7, 11) is 0. The third-order valence-electron chi connectivity index (χ3n) is 4.49. The van der Waals surface area contributed by atoms with Gasteiger partial charge in [-0.25, -0.2) is 4.98 Å². The van der Waals surface area contributed by atoms with E-state index in [2.05, 4.69) is 18.8 Å². The van der Waals surface area contributed by atoms with E-state index in [-0.39, 0.29) is 25.0 Å². The molecule has 0 spiro atoms. The Bertz CT molecular complexity index is 974. The van der Waals surface area contributed by atoms with Crippen LogP contribution < -0.4 is 0 Å². The van der Waals surface area contributed by atoms with Crippen molar-refractivity contribution in [2.45, 2.75) is 33.4 Å². The van der Waals surface area contributed by atoms with Crippen LogP contribution in [0.2, 0.25) is 0 Å². The van der Waals surface area contributed by atoms with Gasteiger partial charge in [0.2, 0.25) is 0 Å². The zero-order valence-electron chi connectivity index (χ0n) is 15.7. The number of carbonyl (C=O) groups is 2. The molecule has 0 aliphatic heterocycles. The number of aryl methyl sites for hydroxylation is 1. The van der Waals surface area contributed by atoms with Gasteiger partial charge in [-0.15, -0.1) is 0 Å². The minimum absolute atomic E-state index is 0.240. The third-order valence-corrected chi connectivity index (χ3v) is 4.49. The van der Waals surface area contributed by atoms with Gasteiger partial charge in [0.05, 0.1) is 17.4 Å². The lowest BCUT2D eigenvalue weighted by atomic mass is 10.1. The number of hydrogen-bond donors (Lipinski definition) is 1. The molecule has 140 valence electrons. The molecule has 2 aromatic carbocycles. The topological polar surface area (TPSA) is 75.4 Å². The summed E-state index contributed by atoms with van der Waals surface area (Å²) in [6.07, 6.45) is 1.75. The highest BCUT2D eigenvalue weighted by Crippen LogP contribution is 2.20. The molecule has 1 heterocycles. The Hall–Kier alpha value is -3.15. The van der Waals surface area contributed by atoms with Crippen LogP contribution in [0, 0.1) is 6.92 Å². The number of hydrogen-bond acceptors (Lipinski definition) is 3. The molecule has 6 nitrogen and oxygen atoms in total. The quantitative estimate of drug-likeness (QED) is 0.723. The number of fused-ring (bicyclic) bond motifs is 1. The van der Waals surface area contributed by atoms with Crippen molar-refractivity contribution in [3.05, 3.63) is 65.5 Å². The first kappa shape index (κ1) is 18.6. The summed E-state index contributed by atoms with van der Waals surface area (Å²) in [5, 5.41) is 9.23. The van der Waals surface area contributed by atoms with E-state index in [1.54, 1.807) is 18.5 Å². The summed E-state index contributed by atoms with van der Waals surface area (Å²) < 4.78 is 2.03. The molecular formula is C21H23N3O3. The molecule has 1 aromatic heterocycles. The lowest BCUT2D eigenvalue weighted by Gasteiger charge is -2.21. The number of rotatable bonds is 6. The number of imidazole rings is 1. The number of nitrogens with zero attached hydrogens (tertiary/aromatic N) is 3. The summed E-state index contributed by atoms with van der Waals surface area (Å²) in [5.74, 6) is -1.36. The fraction of sp³-hybridized carbons (Fsp3) is 0.286. The molecule has 0 fully saturated rings. The summed E-state index contributed by atoms with van der Waals surface area (Å²) in [5.41, 5.74) is 4.11. The van der Waals surface area contributed by atoms with Crippen LogP contribution in [0.25, 0.3) is 11.0 Å². The monoisotopic (exact) mass is 365 g/mol. The molecule has 27 heavy (non-hydrogen) atoms. The summed E-state index contributed by atoms with van der Waals surface area (Å²) >= 11 is 0. The van der Waals surface area contributed by atoms with Gasteiger partial charge in [-0.1, -0.05) is 29.8 Å². The molecule has 1 amide bonds. The van der Waals surface area contributed by atoms with Gasteiger partial charge in [-0.2, -0.15) is 0 Å². The number of carboxylic acid groups (broad SMARTS) is 1. The normalized spacial score (nSPS) is 11.1. The second-order valence-electron chi connectivity index (χ2n) is 6.99. The molecule has 3 aromatic rings. The molecular weight excluding hydrogens is 342 g/mol. The standard InChI is InChI=1S/C21H23N3O3/c1-14(2)24-13-22-18-10-17(8-9-19(18)24)21(27)23(12-20(25)26)11-16-6-4-15(3)5-7-16/h4-10,13-14H,11-12H2,1-3H3,(H,25,26). The number of aromatic nitrogens is 2. The van der Waals surface area contributed by atoms with Gasteiger partial charge in [0.1, 0.15) is 6.54 Å². The van der Waals surface area contributed by atoms with Gasteiger partial charge in [-0.05, 0) is 44.5 Å². The van der Waals surface area contributed by atoms with Gasteiger partial charge < -0.3 is 14.6 Å². The second kappa shape index (κ2) is 7.61. The van der Waals surface area contributed by atoms with Crippen LogP contribution >= 0.6 is 0 Å². The number of aliphatic carboxylic acids is 1. The lowest BCUT2D eigenvalue weighted by Crippen LogP contribution is -2.35. The minimum atomic E-state index is -1.04. The van der Waals surface area contributed by atoms with Crippen molar-refractivity contribution in [2.24, 2.45) is 0 Å². The Kier molecular flexibility index (Phi) is 5.26. The first-order valence-electron chi connectivity index (χ1n) is 8.88. The first-order valence-corrected chi connectivity index (χ1v) is 8.88. The Labute approximate surface area is 158 Å². The van der Waals surface area contributed by atoms with Crippen LogP contribution in [-0.2, 0) is 11.3 Å². The van der Waals surface area contributed by atoms with Crippen LogP contribution in [-0.4, -0.2) is 38.0 Å². The molecule has 0 aliphatic carbocycles. The average Bonchev–Trinajstić information content (AvgIpc) is 3.05. The maximum absolute atomic E-state index is 13.0. The van der Waals surface area contributed by atoms with E-state index < -0.39 is 5.97 Å². The van der Waals surface area contributed by atoms with Crippen LogP contribution in [0.1, 0.15) is 41.4 Å². The Morgan fingerprint density at radius 3 is 2.48 bits per heavy atom. The summed E-state index contributed by atoms with van der Waals surface area (Å²) in [6, 6.07) is 13.3. The van der Waals surface area contributed by atoms with Gasteiger partial charge in [-0.3, -0.25) is 9.59 Å². The van der Waals surface area contributed by atoms with Crippen molar-refractivity contribution in [1.82, 2.24) is 14.5 Å². The van der Waals surface area contributed by atoms with Crippen molar-refractivity contribution in [3.8, 4) is 0 Å². The highest BCUT2D eigenvalue weighted by molar-refractivity contribution is 5.98. The van der Waals surface area contributed by atoms with E-state index in [0.29, 0.717) is 5.56 Å². The average molecular weight is 365 g/mol. The van der Waals surface area contributed by atoms with Gasteiger partial charge in [0.25, 0.3) is 5.91 Å². The fourth-order valence-corrected chi connectivity index (χ4v) is 3.04. The number of carboxylic acids is 1. The van der Waals surface area contributed by atoms with E-state index in [9.17, 15) is 14.7 Å². The lowest BCUT2D eigenvalue weighted by molar-refractivity contribution is -0.137. The van der Waals surface area contributed by atoms with Gasteiger partial charge in [0, 0.05) is 18.2 Å². The van der Waals surface area contributed by atoms with Crippen LogP contribution in [0.15, 0.2) is 48.8 Å². The fourth-order valence-electron chi connectivity index (χ4n) is 3.04. The second-order valence-corrected chi connectivity index (χ2v) is 6.99. The smallest absolute Gasteiger partial charge is 0.323 e. The third kappa shape index (κ3) is 4.16. The number of carbonyl (C=O) groups excluding carboxylic acids is 1. The van der Waals surface area contributed by atoms with E-state index in [1.165, 1.54) is 4.90 Å². The Balaban J connectivity index is 1.89. The zero-order chi connectivity index (χ0) is 19.6. The van der Waals surface area contributed by atoms with Crippen LogP contribution in [0.5, 0.6) is 0 Å². The maximum atomic E-state index is 13.0. The first-order chi connectivity index (χ1) is 12.8.